The van der Waals surface area contributed by atoms with Crippen molar-refractivity contribution in [1.82, 2.24) is 0 Å². The lowest BCUT2D eigenvalue weighted by Gasteiger charge is -2.19. The normalized spacial score (nSPS) is 17.0. The fraction of sp³-hybridized carbons (Fsp3) is 0.263. The minimum atomic E-state index is -4.50. The fourth-order valence-electron chi connectivity index (χ4n) is 2.95. The molecular formula is C19H17F3N2O4. The van der Waals surface area contributed by atoms with Gasteiger partial charge in [0.2, 0.25) is 5.91 Å². The Labute approximate surface area is 158 Å². The number of imide groups is 1. The highest BCUT2D eigenvalue weighted by atomic mass is 19.4. The van der Waals surface area contributed by atoms with E-state index >= 15 is 0 Å². The molecule has 0 bridgehead atoms. The number of carbonyl (C=O) groups is 2. The van der Waals surface area contributed by atoms with Crippen molar-refractivity contribution >= 4 is 23.2 Å². The first kappa shape index (κ1) is 19.5. The van der Waals surface area contributed by atoms with Crippen LogP contribution in [0.25, 0.3) is 0 Å². The van der Waals surface area contributed by atoms with Crippen molar-refractivity contribution in [1.29, 1.82) is 0 Å². The van der Waals surface area contributed by atoms with Crippen molar-refractivity contribution < 1.29 is 32.2 Å². The Morgan fingerprint density at radius 1 is 1.07 bits per heavy atom. The van der Waals surface area contributed by atoms with Crippen LogP contribution in [0.15, 0.2) is 42.5 Å². The number of carbonyl (C=O) groups excluding carboxylic acids is 2. The molecule has 9 heteroatoms. The monoisotopic (exact) mass is 394 g/mol. The number of hydrogen-bond donors (Lipinski definition) is 1. The van der Waals surface area contributed by atoms with Crippen LogP contribution in [0.5, 0.6) is 11.5 Å². The standard InChI is InChI=1S/C19H17F3N2O4/c1-27-13-6-7-15(16(9-13)28-2)24-17(25)10-14(18(24)26)23-12-5-3-4-11(8-12)19(20,21)22/h3-9,14,23H,10H2,1-2H3. The van der Waals surface area contributed by atoms with E-state index in [4.69, 9.17) is 9.47 Å². The molecule has 2 aromatic rings. The molecule has 1 fully saturated rings. The lowest BCUT2D eigenvalue weighted by Crippen LogP contribution is -2.35. The highest BCUT2D eigenvalue weighted by Crippen LogP contribution is 2.36. The summed E-state index contributed by atoms with van der Waals surface area (Å²) in [5.74, 6) is -0.317. The number of rotatable bonds is 5. The molecule has 1 aliphatic rings. The SMILES string of the molecule is COc1ccc(N2C(=O)CC(Nc3cccc(C(F)(F)F)c3)C2=O)c(OC)c1. The van der Waals surface area contributed by atoms with Gasteiger partial charge in [-0.15, -0.1) is 0 Å². The number of ether oxygens (including phenoxy) is 2. The van der Waals surface area contributed by atoms with Crippen LogP contribution in [0, 0.1) is 0 Å². The Kier molecular flexibility index (Phi) is 5.17. The van der Waals surface area contributed by atoms with Crippen molar-refractivity contribution in [2.45, 2.75) is 18.6 Å². The Morgan fingerprint density at radius 2 is 1.82 bits per heavy atom. The van der Waals surface area contributed by atoms with E-state index in [0.717, 1.165) is 17.0 Å². The first-order chi connectivity index (χ1) is 13.2. The Morgan fingerprint density at radius 3 is 2.46 bits per heavy atom. The first-order valence-electron chi connectivity index (χ1n) is 8.27. The fourth-order valence-corrected chi connectivity index (χ4v) is 2.95. The van der Waals surface area contributed by atoms with Crippen molar-refractivity contribution in [3.63, 3.8) is 0 Å². The van der Waals surface area contributed by atoms with E-state index in [1.54, 1.807) is 6.07 Å². The second-order valence-corrected chi connectivity index (χ2v) is 6.08. The molecule has 0 aliphatic carbocycles. The van der Waals surface area contributed by atoms with Gasteiger partial charge in [0.15, 0.2) is 0 Å². The number of methoxy groups -OCH3 is 2. The maximum atomic E-state index is 12.9. The molecule has 2 aromatic carbocycles. The summed E-state index contributed by atoms with van der Waals surface area (Å²) < 4.78 is 48.9. The van der Waals surface area contributed by atoms with Gasteiger partial charge in [0, 0.05) is 11.8 Å². The van der Waals surface area contributed by atoms with E-state index in [2.05, 4.69) is 5.32 Å². The topological polar surface area (TPSA) is 67.9 Å². The molecule has 28 heavy (non-hydrogen) atoms. The Balaban J connectivity index is 1.85. The second kappa shape index (κ2) is 7.41. The summed E-state index contributed by atoms with van der Waals surface area (Å²) in [4.78, 5) is 26.2. The molecule has 6 nitrogen and oxygen atoms in total. The number of halogens is 3. The Bertz CT molecular complexity index is 914. The summed E-state index contributed by atoms with van der Waals surface area (Å²) in [5.41, 5.74) is -0.501. The van der Waals surface area contributed by atoms with E-state index in [1.807, 2.05) is 0 Å². The molecular weight excluding hydrogens is 377 g/mol. The van der Waals surface area contributed by atoms with Crippen molar-refractivity contribution in [2.75, 3.05) is 24.4 Å². The Hall–Kier alpha value is -3.23. The summed E-state index contributed by atoms with van der Waals surface area (Å²) in [6.45, 7) is 0. The number of hydrogen-bond acceptors (Lipinski definition) is 5. The second-order valence-electron chi connectivity index (χ2n) is 6.08. The van der Waals surface area contributed by atoms with E-state index in [9.17, 15) is 22.8 Å². The van der Waals surface area contributed by atoms with Crippen LogP contribution in [0.2, 0.25) is 0 Å². The molecule has 0 aromatic heterocycles. The molecule has 148 valence electrons. The summed E-state index contributed by atoms with van der Waals surface area (Å²) >= 11 is 0. The number of nitrogens with one attached hydrogen (secondary N) is 1. The van der Waals surface area contributed by atoms with Crippen LogP contribution in [0.1, 0.15) is 12.0 Å². The third-order valence-electron chi connectivity index (χ3n) is 4.31. The number of nitrogens with zero attached hydrogens (tertiary/aromatic N) is 1. The number of benzene rings is 2. The van der Waals surface area contributed by atoms with Gasteiger partial charge < -0.3 is 14.8 Å². The van der Waals surface area contributed by atoms with Gasteiger partial charge in [-0.3, -0.25) is 9.59 Å². The predicted molar refractivity (Wildman–Crippen MR) is 95.5 cm³/mol. The van der Waals surface area contributed by atoms with Gasteiger partial charge in [0.25, 0.3) is 5.91 Å². The van der Waals surface area contributed by atoms with Crippen LogP contribution in [-0.2, 0) is 15.8 Å². The van der Waals surface area contributed by atoms with Crippen LogP contribution in [0.3, 0.4) is 0 Å². The molecule has 1 N–H and O–H groups in total. The van der Waals surface area contributed by atoms with Crippen LogP contribution >= 0.6 is 0 Å². The first-order valence-corrected chi connectivity index (χ1v) is 8.27. The molecule has 1 saturated heterocycles. The summed E-state index contributed by atoms with van der Waals surface area (Å²) in [7, 11) is 2.86. The average Bonchev–Trinajstić information content (AvgIpc) is 2.94. The predicted octanol–water partition coefficient (Wildman–Crippen LogP) is 3.47. The quantitative estimate of drug-likeness (QED) is 0.787. The minimum absolute atomic E-state index is 0.101. The number of alkyl halides is 3. The molecule has 0 saturated carbocycles. The molecule has 3 rings (SSSR count). The van der Waals surface area contributed by atoms with E-state index in [0.29, 0.717) is 5.75 Å². The van der Waals surface area contributed by atoms with Crippen molar-refractivity contribution in [3.05, 3.63) is 48.0 Å². The molecule has 1 unspecified atom stereocenters. The lowest BCUT2D eigenvalue weighted by molar-refractivity contribution is -0.137. The molecule has 0 spiro atoms. The van der Waals surface area contributed by atoms with Gasteiger partial charge in [-0.2, -0.15) is 13.2 Å². The molecule has 1 aliphatic heterocycles. The third-order valence-corrected chi connectivity index (χ3v) is 4.31. The molecule has 1 heterocycles. The smallest absolute Gasteiger partial charge is 0.416 e. The van der Waals surface area contributed by atoms with Crippen molar-refractivity contribution in [2.24, 2.45) is 0 Å². The number of amides is 2. The summed E-state index contributed by atoms with van der Waals surface area (Å²) in [5, 5.41) is 2.72. The van der Waals surface area contributed by atoms with Crippen LogP contribution < -0.4 is 19.7 Å². The van der Waals surface area contributed by atoms with E-state index in [-0.39, 0.29) is 23.5 Å². The van der Waals surface area contributed by atoms with Gasteiger partial charge in [-0.1, -0.05) is 6.07 Å². The van der Waals surface area contributed by atoms with Gasteiger partial charge in [-0.05, 0) is 30.3 Å². The molecule has 1 atom stereocenters. The lowest BCUT2D eigenvalue weighted by atomic mass is 10.1. The zero-order valence-electron chi connectivity index (χ0n) is 15.0. The van der Waals surface area contributed by atoms with Crippen LogP contribution in [-0.4, -0.2) is 32.1 Å². The van der Waals surface area contributed by atoms with Crippen molar-refractivity contribution in [3.8, 4) is 11.5 Å². The van der Waals surface area contributed by atoms with Gasteiger partial charge in [-0.25, -0.2) is 4.90 Å². The summed E-state index contributed by atoms with van der Waals surface area (Å²) in [6, 6.07) is 8.11. The maximum absolute atomic E-state index is 12.9. The minimum Gasteiger partial charge on any atom is -0.497 e. The zero-order valence-corrected chi connectivity index (χ0v) is 15.0. The highest BCUT2D eigenvalue weighted by Gasteiger charge is 2.41. The zero-order chi connectivity index (χ0) is 20.5. The maximum Gasteiger partial charge on any atom is 0.416 e. The van der Waals surface area contributed by atoms with Crippen LogP contribution in [0.4, 0.5) is 24.5 Å². The summed E-state index contributed by atoms with van der Waals surface area (Å²) in [6.07, 6.45) is -4.69. The number of anilines is 2. The third kappa shape index (κ3) is 3.73. The largest absolute Gasteiger partial charge is 0.497 e. The molecule has 0 radical (unpaired) electrons. The van der Waals surface area contributed by atoms with E-state index in [1.165, 1.54) is 38.5 Å². The highest BCUT2D eigenvalue weighted by molar-refractivity contribution is 6.23. The molecule has 2 amide bonds. The van der Waals surface area contributed by atoms with E-state index < -0.39 is 29.6 Å². The van der Waals surface area contributed by atoms with Gasteiger partial charge >= 0.3 is 6.18 Å². The average molecular weight is 394 g/mol. The van der Waals surface area contributed by atoms with Gasteiger partial charge in [0.1, 0.15) is 17.5 Å². The van der Waals surface area contributed by atoms with Gasteiger partial charge in [0.05, 0.1) is 31.9 Å².